The highest BCUT2D eigenvalue weighted by Crippen LogP contribution is 2.49. The molecule has 0 aliphatic rings. The number of carbonyl (C=O) groups excluding carboxylic acids is 1. The number of allylic oxidation sites excluding steroid dienone is 1. The molecule has 0 aliphatic carbocycles. The van der Waals surface area contributed by atoms with Gasteiger partial charge in [-0.15, -0.1) is 0 Å². The molecule has 0 heterocycles. The van der Waals surface area contributed by atoms with E-state index in [2.05, 4.69) is 10.6 Å². The summed E-state index contributed by atoms with van der Waals surface area (Å²) in [5, 5.41) is 9.33. The second kappa shape index (κ2) is 12.8. The van der Waals surface area contributed by atoms with Crippen LogP contribution in [0.2, 0.25) is 0 Å². The van der Waals surface area contributed by atoms with Crippen LogP contribution in [0, 0.1) is 17.1 Å². The molecule has 4 aromatic rings. The fourth-order valence-electron chi connectivity index (χ4n) is 4.51. The zero-order valence-corrected chi connectivity index (χ0v) is 22.6. The van der Waals surface area contributed by atoms with Crippen LogP contribution < -0.4 is 4.52 Å². The Hall–Kier alpha value is -4.44. The minimum absolute atomic E-state index is 0.125. The summed E-state index contributed by atoms with van der Waals surface area (Å²) in [7, 11) is -5.16. The molecule has 0 spiro atoms. The van der Waals surface area contributed by atoms with Gasteiger partial charge in [0.25, 0.3) is 0 Å². The first-order valence-corrected chi connectivity index (χ1v) is 14.2. The van der Waals surface area contributed by atoms with Crippen molar-refractivity contribution in [1.29, 1.82) is 5.26 Å². The molecule has 0 radical (unpaired) electrons. The number of halogens is 3. The van der Waals surface area contributed by atoms with Gasteiger partial charge in [-0.3, -0.25) is 4.79 Å². The number of hydrogen-bond donors (Lipinski definition) is 1. The minimum atomic E-state index is -5.16. The van der Waals surface area contributed by atoms with Crippen LogP contribution in [0.1, 0.15) is 39.0 Å². The largest absolute Gasteiger partial charge is 0.442 e. The topological polar surface area (TPSA) is 87.4 Å². The summed E-state index contributed by atoms with van der Waals surface area (Å²) in [6, 6.07) is 29.1. The van der Waals surface area contributed by atoms with Crippen molar-refractivity contribution in [3.05, 3.63) is 143 Å². The van der Waals surface area contributed by atoms with Crippen LogP contribution in [-0.4, -0.2) is 16.8 Å². The van der Waals surface area contributed by atoms with Crippen molar-refractivity contribution < 1.29 is 31.9 Å². The first-order valence-electron chi connectivity index (χ1n) is 12.5. The van der Waals surface area contributed by atoms with Gasteiger partial charge in [0, 0.05) is 5.56 Å². The summed E-state index contributed by atoms with van der Waals surface area (Å²) in [4.78, 5) is 23.7. The van der Waals surface area contributed by atoms with E-state index < -0.39 is 25.0 Å². The third kappa shape index (κ3) is 7.20. The van der Waals surface area contributed by atoms with E-state index in [0.717, 1.165) is 5.56 Å². The van der Waals surface area contributed by atoms with Gasteiger partial charge >= 0.3 is 13.8 Å². The normalized spacial score (nSPS) is 14.2. The van der Waals surface area contributed by atoms with E-state index in [1.807, 2.05) is 42.5 Å². The summed E-state index contributed by atoms with van der Waals surface area (Å²) in [6.07, 6.45) is 0.545. The van der Waals surface area contributed by atoms with Crippen molar-refractivity contribution in [2.24, 2.45) is 0 Å². The number of nitriles is 1. The smallest absolute Gasteiger partial charge is 0.421 e. The summed E-state index contributed by atoms with van der Waals surface area (Å²) in [6.45, 7) is 0. The number of ketones is 1. The predicted molar refractivity (Wildman–Crippen MR) is 150 cm³/mol. The molecule has 0 aromatic heterocycles. The summed E-state index contributed by atoms with van der Waals surface area (Å²) >= 11 is 0. The van der Waals surface area contributed by atoms with Crippen LogP contribution >= 0.6 is 7.60 Å². The Labute approximate surface area is 235 Å². The second-order valence-electron chi connectivity index (χ2n) is 9.38. The van der Waals surface area contributed by atoms with Crippen LogP contribution in [-0.2, 0) is 16.4 Å². The van der Waals surface area contributed by atoms with Crippen molar-refractivity contribution in [2.75, 3.05) is 0 Å². The van der Waals surface area contributed by atoms with Crippen LogP contribution in [0.4, 0.5) is 13.2 Å². The quantitative estimate of drug-likeness (QED) is 0.145. The maximum Gasteiger partial charge on any atom is 0.442 e. The number of nitrogens with zero attached hydrogens (tertiary/aromatic N) is 1. The molecule has 0 fully saturated rings. The molecular formula is C32H25F3NO4P. The number of alkyl halides is 2. The molecule has 41 heavy (non-hydrogen) atoms. The van der Waals surface area contributed by atoms with Gasteiger partial charge in [0.05, 0.1) is 17.0 Å². The molecule has 2 unspecified atom stereocenters. The van der Waals surface area contributed by atoms with Gasteiger partial charge < -0.3 is 9.42 Å². The highest BCUT2D eigenvalue weighted by atomic mass is 31.2. The molecule has 0 aliphatic heterocycles. The highest BCUT2D eigenvalue weighted by Gasteiger charge is 2.40. The Morgan fingerprint density at radius 2 is 1.59 bits per heavy atom. The van der Waals surface area contributed by atoms with Gasteiger partial charge in [-0.2, -0.15) is 14.0 Å². The zero-order chi connectivity index (χ0) is 29.5. The molecule has 4 aromatic carbocycles. The third-order valence-corrected chi connectivity index (χ3v) is 7.56. The van der Waals surface area contributed by atoms with Gasteiger partial charge in [0.2, 0.25) is 0 Å². The first-order chi connectivity index (χ1) is 19.6. The van der Waals surface area contributed by atoms with Gasteiger partial charge in [0.1, 0.15) is 11.6 Å². The second-order valence-corrected chi connectivity index (χ2v) is 11.1. The molecule has 0 amide bonds. The molecule has 9 heteroatoms. The number of benzene rings is 4. The SMILES string of the molecule is N#Cc1ccc(C(CC=Cc2ccccc2)(Cc2ccc(OP(=O)(O)C(F)F)cc2)C(=O)c2ccc(F)cc2)cc1. The fraction of sp³-hybridized carbons (Fsp3) is 0.125. The first kappa shape index (κ1) is 29.5. The van der Waals surface area contributed by atoms with Crippen molar-refractivity contribution in [3.63, 3.8) is 0 Å². The maximum atomic E-state index is 14.3. The molecule has 2 atom stereocenters. The molecule has 0 bridgehead atoms. The Morgan fingerprint density at radius 3 is 2.17 bits per heavy atom. The summed E-state index contributed by atoms with van der Waals surface area (Å²) < 4.78 is 55.6. The molecular weight excluding hydrogens is 550 g/mol. The van der Waals surface area contributed by atoms with Crippen LogP contribution in [0.25, 0.3) is 6.08 Å². The minimum Gasteiger partial charge on any atom is -0.421 e. The van der Waals surface area contributed by atoms with Crippen molar-refractivity contribution in [1.82, 2.24) is 0 Å². The number of rotatable bonds is 11. The fourth-order valence-corrected chi connectivity index (χ4v) is 5.01. The monoisotopic (exact) mass is 575 g/mol. The van der Waals surface area contributed by atoms with Gasteiger partial charge in [-0.05, 0) is 78.1 Å². The van der Waals surface area contributed by atoms with Crippen molar-refractivity contribution in [2.45, 2.75) is 24.4 Å². The third-order valence-electron chi connectivity index (χ3n) is 6.60. The Balaban J connectivity index is 1.80. The average molecular weight is 576 g/mol. The van der Waals surface area contributed by atoms with Gasteiger partial charge in [-0.1, -0.05) is 66.7 Å². The molecule has 1 N–H and O–H groups in total. The maximum absolute atomic E-state index is 14.3. The molecule has 5 nitrogen and oxygen atoms in total. The molecule has 208 valence electrons. The lowest BCUT2D eigenvalue weighted by molar-refractivity contribution is 0.0882. The lowest BCUT2D eigenvalue weighted by Crippen LogP contribution is -2.38. The van der Waals surface area contributed by atoms with E-state index in [0.29, 0.717) is 16.7 Å². The predicted octanol–water partition coefficient (Wildman–Crippen LogP) is 7.95. The van der Waals surface area contributed by atoms with Crippen LogP contribution in [0.3, 0.4) is 0 Å². The summed E-state index contributed by atoms with van der Waals surface area (Å²) in [5.41, 5.74) is 1.60. The summed E-state index contributed by atoms with van der Waals surface area (Å²) in [5.74, 6) is -1.01. The Morgan fingerprint density at radius 1 is 0.951 bits per heavy atom. The molecule has 4 rings (SSSR count). The average Bonchev–Trinajstić information content (AvgIpc) is 2.98. The highest BCUT2D eigenvalue weighted by molar-refractivity contribution is 7.53. The Kier molecular flexibility index (Phi) is 9.24. The van der Waals surface area contributed by atoms with E-state index in [-0.39, 0.29) is 29.9 Å². The number of hydrogen-bond acceptors (Lipinski definition) is 4. The van der Waals surface area contributed by atoms with E-state index in [4.69, 9.17) is 0 Å². The van der Waals surface area contributed by atoms with Crippen molar-refractivity contribution in [3.8, 4) is 11.8 Å². The van der Waals surface area contributed by atoms with E-state index in [9.17, 15) is 32.7 Å². The van der Waals surface area contributed by atoms with E-state index in [1.165, 1.54) is 48.5 Å². The molecule has 0 saturated carbocycles. The van der Waals surface area contributed by atoms with E-state index in [1.54, 1.807) is 24.3 Å². The number of Topliss-reactive ketones (excluding diaryl/α,β-unsaturated/α-hetero) is 1. The number of carbonyl (C=O) groups is 1. The van der Waals surface area contributed by atoms with Gasteiger partial charge in [-0.25, -0.2) is 8.96 Å². The van der Waals surface area contributed by atoms with Crippen LogP contribution in [0.5, 0.6) is 5.75 Å². The standard InChI is InChI=1S/C32H25F3NO4P/c33-28-16-12-26(13-17-28)30(37)32(27-14-8-25(22-36)9-15-27,20-4-7-23-5-2-1-3-6-23)21-24-10-18-29(19-11-24)40-41(38,39)31(34)35/h1-19,31H,20-21H2,(H,38,39). The zero-order valence-electron chi connectivity index (χ0n) is 21.7. The van der Waals surface area contributed by atoms with E-state index >= 15 is 0 Å². The lowest BCUT2D eigenvalue weighted by atomic mass is 9.68. The van der Waals surface area contributed by atoms with Gasteiger partial charge in [0.15, 0.2) is 5.78 Å². The van der Waals surface area contributed by atoms with Crippen LogP contribution in [0.15, 0.2) is 109 Å². The Bertz CT molecular complexity index is 1600. The lowest BCUT2D eigenvalue weighted by Gasteiger charge is -2.33. The van der Waals surface area contributed by atoms with Crippen molar-refractivity contribution >= 4 is 19.5 Å². The molecule has 0 saturated heterocycles.